The fourth-order valence-corrected chi connectivity index (χ4v) is 4.13. The van der Waals surface area contributed by atoms with Gasteiger partial charge in [-0.1, -0.05) is 66.7 Å². The van der Waals surface area contributed by atoms with E-state index in [2.05, 4.69) is 5.32 Å². The van der Waals surface area contributed by atoms with Crippen LogP contribution in [0.2, 0.25) is 0 Å². The molecular weight excluding hydrogens is 414 g/mol. The Morgan fingerprint density at radius 1 is 1.03 bits per heavy atom. The van der Waals surface area contributed by atoms with Crippen molar-refractivity contribution < 1.29 is 14.7 Å². The highest BCUT2D eigenvalue weighted by Gasteiger charge is 2.37. The SMILES string of the molecule is Cc1ccccc1-c1ccc(C(=O)N2CC(=N)C[C@H]2C(=O)NC[C@@H](O)c2ccccc2)cc1. The topological polar surface area (TPSA) is 93.5 Å². The number of hydrogen-bond donors (Lipinski definition) is 3. The Balaban J connectivity index is 1.44. The van der Waals surface area contributed by atoms with E-state index in [0.29, 0.717) is 16.8 Å². The summed E-state index contributed by atoms with van der Waals surface area (Å²) in [6.07, 6.45) is -0.644. The van der Waals surface area contributed by atoms with Crippen LogP contribution in [-0.4, -0.2) is 46.7 Å². The molecule has 1 aliphatic heterocycles. The van der Waals surface area contributed by atoms with Gasteiger partial charge in [-0.15, -0.1) is 0 Å². The maximum Gasteiger partial charge on any atom is 0.254 e. The van der Waals surface area contributed by atoms with Gasteiger partial charge in [-0.3, -0.25) is 9.59 Å². The predicted octanol–water partition coefficient (Wildman–Crippen LogP) is 3.75. The maximum absolute atomic E-state index is 13.2. The zero-order valence-electron chi connectivity index (χ0n) is 18.5. The second-order valence-corrected chi connectivity index (χ2v) is 8.32. The van der Waals surface area contributed by atoms with Gasteiger partial charge >= 0.3 is 0 Å². The quantitative estimate of drug-likeness (QED) is 0.544. The Bertz CT molecular complexity index is 1160. The first kappa shape index (κ1) is 22.4. The highest BCUT2D eigenvalue weighted by Crippen LogP contribution is 2.25. The van der Waals surface area contributed by atoms with E-state index in [9.17, 15) is 14.7 Å². The van der Waals surface area contributed by atoms with Crippen LogP contribution >= 0.6 is 0 Å². The van der Waals surface area contributed by atoms with Gasteiger partial charge < -0.3 is 20.7 Å². The average Bonchev–Trinajstić information content (AvgIpc) is 3.24. The average molecular weight is 442 g/mol. The zero-order valence-corrected chi connectivity index (χ0v) is 18.5. The van der Waals surface area contributed by atoms with Gasteiger partial charge in [-0.25, -0.2) is 0 Å². The molecular formula is C27H27N3O3. The zero-order chi connectivity index (χ0) is 23.4. The number of nitrogens with one attached hydrogen (secondary N) is 2. The van der Waals surface area contributed by atoms with Crippen LogP contribution in [0.15, 0.2) is 78.9 Å². The van der Waals surface area contributed by atoms with E-state index in [0.717, 1.165) is 16.7 Å². The molecule has 3 aromatic carbocycles. The molecule has 6 heteroatoms. The van der Waals surface area contributed by atoms with Crippen molar-refractivity contribution in [3.05, 3.63) is 95.6 Å². The van der Waals surface area contributed by atoms with Crippen LogP contribution < -0.4 is 5.32 Å². The first-order valence-electron chi connectivity index (χ1n) is 11.0. The molecule has 0 unspecified atom stereocenters. The van der Waals surface area contributed by atoms with Crippen molar-refractivity contribution in [2.75, 3.05) is 13.1 Å². The van der Waals surface area contributed by atoms with Crippen molar-refractivity contribution in [3.63, 3.8) is 0 Å². The van der Waals surface area contributed by atoms with Gasteiger partial charge in [-0.05, 0) is 41.3 Å². The summed E-state index contributed by atoms with van der Waals surface area (Å²) < 4.78 is 0. The summed E-state index contributed by atoms with van der Waals surface area (Å²) in [4.78, 5) is 27.5. The second-order valence-electron chi connectivity index (χ2n) is 8.32. The van der Waals surface area contributed by atoms with E-state index in [-0.39, 0.29) is 31.3 Å². The van der Waals surface area contributed by atoms with Gasteiger partial charge in [-0.2, -0.15) is 0 Å². The predicted molar refractivity (Wildman–Crippen MR) is 128 cm³/mol. The minimum Gasteiger partial charge on any atom is -0.387 e. The van der Waals surface area contributed by atoms with Crippen LogP contribution in [0.3, 0.4) is 0 Å². The van der Waals surface area contributed by atoms with Crippen LogP contribution in [0.5, 0.6) is 0 Å². The van der Waals surface area contributed by atoms with Crippen LogP contribution in [0.4, 0.5) is 0 Å². The lowest BCUT2D eigenvalue weighted by molar-refractivity contribution is -0.125. The Labute approximate surface area is 193 Å². The largest absolute Gasteiger partial charge is 0.387 e. The summed E-state index contributed by atoms with van der Waals surface area (Å²) in [5, 5.41) is 21.1. The van der Waals surface area contributed by atoms with Crippen molar-refractivity contribution in [1.82, 2.24) is 10.2 Å². The van der Waals surface area contributed by atoms with E-state index in [1.54, 1.807) is 24.3 Å². The standard InChI is InChI=1S/C27H27N3O3/c1-18-7-5-6-10-23(18)19-11-13-21(14-12-19)27(33)30-17-22(28)15-24(30)26(32)29-16-25(31)20-8-3-2-4-9-20/h2-14,24-25,28,31H,15-17H2,1H3,(H,29,32)/t24-,25+/m0/s1. The number of aliphatic hydroxyl groups excluding tert-OH is 1. The molecule has 1 saturated heterocycles. The molecule has 1 fully saturated rings. The molecule has 0 bridgehead atoms. The molecule has 3 aromatic rings. The fourth-order valence-electron chi connectivity index (χ4n) is 4.13. The lowest BCUT2D eigenvalue weighted by atomic mass is 9.99. The van der Waals surface area contributed by atoms with Gasteiger partial charge in [0.15, 0.2) is 0 Å². The second kappa shape index (κ2) is 9.79. The number of rotatable bonds is 6. The molecule has 0 saturated carbocycles. The summed E-state index contributed by atoms with van der Waals surface area (Å²) in [5.74, 6) is -0.644. The number of aryl methyl sites for hydroxylation is 1. The molecule has 1 heterocycles. The van der Waals surface area contributed by atoms with Crippen molar-refractivity contribution in [2.24, 2.45) is 0 Å². The number of aliphatic hydroxyl groups is 1. The molecule has 4 rings (SSSR count). The van der Waals surface area contributed by atoms with Crippen LogP contribution in [0.1, 0.15) is 34.0 Å². The van der Waals surface area contributed by atoms with Gasteiger partial charge in [0.1, 0.15) is 6.04 Å². The van der Waals surface area contributed by atoms with E-state index in [1.165, 1.54) is 4.90 Å². The molecule has 0 spiro atoms. The molecule has 0 aliphatic carbocycles. The van der Waals surface area contributed by atoms with Gasteiger partial charge in [0, 0.05) is 24.2 Å². The smallest absolute Gasteiger partial charge is 0.254 e. The number of amides is 2. The molecule has 3 N–H and O–H groups in total. The van der Waals surface area contributed by atoms with Gasteiger partial charge in [0.05, 0.1) is 12.6 Å². The monoisotopic (exact) mass is 441 g/mol. The Hall–Kier alpha value is -3.77. The van der Waals surface area contributed by atoms with E-state index < -0.39 is 12.1 Å². The van der Waals surface area contributed by atoms with Crippen molar-refractivity contribution in [1.29, 1.82) is 5.41 Å². The van der Waals surface area contributed by atoms with Crippen LogP contribution in [0, 0.1) is 12.3 Å². The molecule has 1 aliphatic rings. The number of benzene rings is 3. The minimum absolute atomic E-state index is 0.0415. The third-order valence-corrected chi connectivity index (χ3v) is 5.98. The third kappa shape index (κ3) is 5.02. The molecule has 0 radical (unpaired) electrons. The Morgan fingerprint density at radius 2 is 1.70 bits per heavy atom. The summed E-state index contributed by atoms with van der Waals surface area (Å²) in [7, 11) is 0. The molecule has 2 atom stereocenters. The van der Waals surface area contributed by atoms with Crippen LogP contribution in [-0.2, 0) is 4.79 Å². The summed E-state index contributed by atoms with van der Waals surface area (Å²) in [6.45, 7) is 2.21. The van der Waals surface area contributed by atoms with Gasteiger partial charge in [0.25, 0.3) is 5.91 Å². The normalized spacial score (nSPS) is 16.5. The lowest BCUT2D eigenvalue weighted by Gasteiger charge is -2.24. The molecule has 33 heavy (non-hydrogen) atoms. The number of carbonyl (C=O) groups is 2. The first-order chi connectivity index (χ1) is 15.9. The highest BCUT2D eigenvalue weighted by molar-refractivity contribution is 6.04. The minimum atomic E-state index is -0.839. The molecule has 2 amide bonds. The van der Waals surface area contributed by atoms with Crippen molar-refractivity contribution >= 4 is 17.5 Å². The van der Waals surface area contributed by atoms with Crippen LogP contribution in [0.25, 0.3) is 11.1 Å². The van der Waals surface area contributed by atoms with E-state index >= 15 is 0 Å². The molecule has 0 aromatic heterocycles. The van der Waals surface area contributed by atoms with Crippen molar-refractivity contribution in [2.45, 2.75) is 25.5 Å². The summed E-state index contributed by atoms with van der Waals surface area (Å²) in [5.41, 5.74) is 4.79. The lowest BCUT2D eigenvalue weighted by Crippen LogP contribution is -2.46. The highest BCUT2D eigenvalue weighted by atomic mass is 16.3. The number of carbonyl (C=O) groups excluding carboxylic acids is 2. The number of nitrogens with zero attached hydrogens (tertiary/aromatic N) is 1. The fraction of sp³-hybridized carbons (Fsp3) is 0.222. The summed E-state index contributed by atoms with van der Waals surface area (Å²) in [6, 6.07) is 23.7. The van der Waals surface area contributed by atoms with E-state index in [1.807, 2.05) is 61.5 Å². The van der Waals surface area contributed by atoms with Crippen molar-refractivity contribution in [3.8, 4) is 11.1 Å². The number of likely N-dealkylation sites (tertiary alicyclic amines) is 1. The maximum atomic E-state index is 13.2. The first-order valence-corrected chi connectivity index (χ1v) is 11.0. The molecule has 6 nitrogen and oxygen atoms in total. The number of hydrogen-bond acceptors (Lipinski definition) is 4. The Kier molecular flexibility index (Phi) is 6.66. The van der Waals surface area contributed by atoms with E-state index in [4.69, 9.17) is 5.41 Å². The Morgan fingerprint density at radius 3 is 2.39 bits per heavy atom. The third-order valence-electron chi connectivity index (χ3n) is 5.98. The van der Waals surface area contributed by atoms with Gasteiger partial charge in [0.2, 0.25) is 5.91 Å². The molecule has 168 valence electrons. The summed E-state index contributed by atoms with van der Waals surface area (Å²) >= 11 is 0.